The summed E-state index contributed by atoms with van der Waals surface area (Å²) in [6.07, 6.45) is 0.599. The number of hydrogen-bond acceptors (Lipinski definition) is 2. The number of nitrogens with zero attached hydrogens (tertiary/aromatic N) is 1. The fourth-order valence-corrected chi connectivity index (χ4v) is 2.48. The van der Waals surface area contributed by atoms with Crippen LogP contribution < -0.4 is 5.32 Å². The van der Waals surface area contributed by atoms with Crippen LogP contribution in [-0.4, -0.2) is 37.0 Å². The van der Waals surface area contributed by atoms with Crippen LogP contribution in [0.1, 0.15) is 24.8 Å². The highest BCUT2D eigenvalue weighted by Gasteiger charge is 2.19. The maximum Gasteiger partial charge on any atom is 0.223 e. The van der Waals surface area contributed by atoms with Crippen LogP contribution in [0.3, 0.4) is 0 Å². The Balaban J connectivity index is 1.91. The summed E-state index contributed by atoms with van der Waals surface area (Å²) in [6.45, 7) is 5.62. The summed E-state index contributed by atoms with van der Waals surface area (Å²) in [4.78, 5) is 14.1. The van der Waals surface area contributed by atoms with E-state index in [2.05, 4.69) is 40.3 Å². The number of carbonyl (C=O) groups excluding carboxylic acids is 1. The summed E-state index contributed by atoms with van der Waals surface area (Å²) >= 11 is 3.43. The summed E-state index contributed by atoms with van der Waals surface area (Å²) in [7, 11) is 0. The molecule has 2 rings (SSSR count). The number of rotatable bonds is 3. The molecule has 1 saturated heterocycles. The molecule has 0 aromatic heterocycles. The lowest BCUT2D eigenvalue weighted by molar-refractivity contribution is -0.132. The zero-order valence-corrected chi connectivity index (χ0v) is 12.2. The van der Waals surface area contributed by atoms with Crippen LogP contribution in [-0.2, 0) is 4.79 Å². The molecule has 3 nitrogen and oxygen atoms in total. The molecule has 0 saturated carbocycles. The molecule has 1 fully saturated rings. The van der Waals surface area contributed by atoms with Gasteiger partial charge in [0.15, 0.2) is 0 Å². The molecule has 1 unspecified atom stereocenters. The van der Waals surface area contributed by atoms with Crippen molar-refractivity contribution < 1.29 is 4.79 Å². The van der Waals surface area contributed by atoms with Crippen LogP contribution in [0.5, 0.6) is 0 Å². The first-order chi connectivity index (χ1) is 8.66. The average Bonchev–Trinajstić information content (AvgIpc) is 2.40. The van der Waals surface area contributed by atoms with Gasteiger partial charge in [-0.15, -0.1) is 0 Å². The van der Waals surface area contributed by atoms with E-state index >= 15 is 0 Å². The van der Waals surface area contributed by atoms with Crippen LogP contribution in [0.15, 0.2) is 28.7 Å². The second-order valence-corrected chi connectivity index (χ2v) is 5.70. The Morgan fingerprint density at radius 1 is 1.33 bits per heavy atom. The number of piperazine rings is 1. The summed E-state index contributed by atoms with van der Waals surface area (Å²) in [5, 5.41) is 3.26. The van der Waals surface area contributed by atoms with Gasteiger partial charge in [-0.05, 0) is 23.6 Å². The van der Waals surface area contributed by atoms with E-state index in [9.17, 15) is 4.79 Å². The minimum atomic E-state index is 0.270. The Hall–Kier alpha value is -0.870. The maximum atomic E-state index is 12.1. The van der Waals surface area contributed by atoms with Gasteiger partial charge in [-0.1, -0.05) is 35.0 Å². The topological polar surface area (TPSA) is 32.3 Å². The Labute approximate surface area is 117 Å². The minimum Gasteiger partial charge on any atom is -0.340 e. The van der Waals surface area contributed by atoms with Gasteiger partial charge in [0, 0.05) is 37.1 Å². The Bertz CT molecular complexity index is 399. The largest absolute Gasteiger partial charge is 0.340 e. The normalized spacial score (nSPS) is 17.6. The quantitative estimate of drug-likeness (QED) is 0.929. The van der Waals surface area contributed by atoms with Crippen molar-refractivity contribution >= 4 is 21.8 Å². The molecule has 1 aliphatic rings. The minimum absolute atomic E-state index is 0.270. The summed E-state index contributed by atoms with van der Waals surface area (Å²) < 4.78 is 1.08. The molecule has 18 heavy (non-hydrogen) atoms. The molecule has 0 bridgehead atoms. The molecule has 0 spiro atoms. The van der Waals surface area contributed by atoms with Gasteiger partial charge in [0.1, 0.15) is 0 Å². The van der Waals surface area contributed by atoms with E-state index in [-0.39, 0.29) is 11.8 Å². The highest BCUT2D eigenvalue weighted by molar-refractivity contribution is 9.10. The zero-order chi connectivity index (χ0) is 13.0. The van der Waals surface area contributed by atoms with Gasteiger partial charge >= 0.3 is 0 Å². The highest BCUT2D eigenvalue weighted by atomic mass is 79.9. The van der Waals surface area contributed by atoms with Crippen LogP contribution in [0.25, 0.3) is 0 Å². The van der Waals surface area contributed by atoms with Gasteiger partial charge in [0.25, 0.3) is 0 Å². The third kappa shape index (κ3) is 3.56. The highest BCUT2D eigenvalue weighted by Crippen LogP contribution is 2.22. The molecule has 1 atom stereocenters. The maximum absolute atomic E-state index is 12.1. The second kappa shape index (κ2) is 6.34. The molecule has 0 aliphatic carbocycles. The van der Waals surface area contributed by atoms with E-state index in [1.807, 2.05) is 17.0 Å². The molecular formula is C14H19BrN2O. The summed E-state index contributed by atoms with van der Waals surface area (Å²) in [5.41, 5.74) is 1.22. The molecule has 1 heterocycles. The predicted octanol–water partition coefficient (Wildman–Crippen LogP) is 2.37. The summed E-state index contributed by atoms with van der Waals surface area (Å²) in [5.74, 6) is 0.549. The number of carbonyl (C=O) groups is 1. The van der Waals surface area contributed by atoms with Crippen molar-refractivity contribution in [2.24, 2.45) is 0 Å². The van der Waals surface area contributed by atoms with Crippen molar-refractivity contribution in [3.8, 4) is 0 Å². The Morgan fingerprint density at radius 3 is 2.56 bits per heavy atom. The Kier molecular flexibility index (Phi) is 4.78. The lowest BCUT2D eigenvalue weighted by atomic mass is 9.97. The number of benzene rings is 1. The fourth-order valence-electron chi connectivity index (χ4n) is 2.21. The molecule has 1 amide bonds. The summed E-state index contributed by atoms with van der Waals surface area (Å²) in [6, 6.07) is 8.22. The molecule has 0 radical (unpaired) electrons. The Morgan fingerprint density at radius 2 is 1.94 bits per heavy atom. The van der Waals surface area contributed by atoms with Crippen molar-refractivity contribution in [1.82, 2.24) is 10.2 Å². The molecule has 1 N–H and O–H groups in total. The second-order valence-electron chi connectivity index (χ2n) is 4.79. The van der Waals surface area contributed by atoms with Gasteiger partial charge in [-0.3, -0.25) is 4.79 Å². The zero-order valence-electron chi connectivity index (χ0n) is 10.7. The lowest BCUT2D eigenvalue weighted by Gasteiger charge is -2.28. The smallest absolute Gasteiger partial charge is 0.223 e. The van der Waals surface area contributed by atoms with Crippen LogP contribution >= 0.6 is 15.9 Å². The fraction of sp³-hybridized carbons (Fsp3) is 0.500. The molecule has 4 heteroatoms. The lowest BCUT2D eigenvalue weighted by Crippen LogP contribution is -2.46. The van der Waals surface area contributed by atoms with Gasteiger partial charge in [0.05, 0.1) is 0 Å². The SMILES string of the molecule is CC(CC(=O)N1CCNCC1)c1ccc(Br)cc1. The van der Waals surface area contributed by atoms with Gasteiger partial charge < -0.3 is 10.2 Å². The predicted molar refractivity (Wildman–Crippen MR) is 76.6 cm³/mol. The molecule has 98 valence electrons. The van der Waals surface area contributed by atoms with Crippen molar-refractivity contribution in [3.63, 3.8) is 0 Å². The third-order valence-corrected chi connectivity index (χ3v) is 3.92. The van der Waals surface area contributed by atoms with Gasteiger partial charge in [0.2, 0.25) is 5.91 Å². The number of hydrogen-bond donors (Lipinski definition) is 1. The van der Waals surface area contributed by atoms with Crippen molar-refractivity contribution in [2.75, 3.05) is 26.2 Å². The van der Waals surface area contributed by atoms with Crippen LogP contribution in [0.2, 0.25) is 0 Å². The first kappa shape index (κ1) is 13.6. The van der Waals surface area contributed by atoms with E-state index in [0.29, 0.717) is 6.42 Å². The third-order valence-electron chi connectivity index (χ3n) is 3.39. The van der Waals surface area contributed by atoms with Gasteiger partial charge in [-0.2, -0.15) is 0 Å². The number of halogens is 1. The van der Waals surface area contributed by atoms with E-state index in [0.717, 1.165) is 30.7 Å². The van der Waals surface area contributed by atoms with E-state index in [4.69, 9.17) is 0 Å². The average molecular weight is 311 g/mol. The molecular weight excluding hydrogens is 292 g/mol. The van der Waals surface area contributed by atoms with Crippen LogP contribution in [0.4, 0.5) is 0 Å². The van der Waals surface area contributed by atoms with E-state index in [1.165, 1.54) is 5.56 Å². The standard InChI is InChI=1S/C14H19BrN2O/c1-11(12-2-4-13(15)5-3-12)10-14(18)17-8-6-16-7-9-17/h2-5,11,16H,6-10H2,1H3. The first-order valence-corrected chi connectivity index (χ1v) is 7.20. The van der Waals surface area contributed by atoms with E-state index in [1.54, 1.807) is 0 Å². The van der Waals surface area contributed by atoms with Crippen molar-refractivity contribution in [2.45, 2.75) is 19.3 Å². The molecule has 1 aromatic rings. The van der Waals surface area contributed by atoms with Crippen molar-refractivity contribution in [3.05, 3.63) is 34.3 Å². The monoisotopic (exact) mass is 310 g/mol. The van der Waals surface area contributed by atoms with Crippen LogP contribution in [0, 0.1) is 0 Å². The van der Waals surface area contributed by atoms with E-state index < -0.39 is 0 Å². The first-order valence-electron chi connectivity index (χ1n) is 6.41. The van der Waals surface area contributed by atoms with Crippen molar-refractivity contribution in [1.29, 1.82) is 0 Å². The molecule has 1 aromatic carbocycles. The number of nitrogens with one attached hydrogen (secondary N) is 1. The van der Waals surface area contributed by atoms with Gasteiger partial charge in [-0.25, -0.2) is 0 Å². The molecule has 1 aliphatic heterocycles. The number of amides is 1.